The zero-order valence-corrected chi connectivity index (χ0v) is 25.5. The van der Waals surface area contributed by atoms with E-state index < -0.39 is 23.6 Å². The van der Waals surface area contributed by atoms with E-state index in [4.69, 9.17) is 9.47 Å². The maximum Gasteiger partial charge on any atom is 0.316 e. The molecule has 0 spiro atoms. The predicted octanol–water partition coefficient (Wildman–Crippen LogP) is 7.01. The number of cyclic esters (lactones) is 1. The zero-order chi connectivity index (χ0) is 30.5. The van der Waals surface area contributed by atoms with Crippen LogP contribution in [0.5, 0.6) is 0 Å². The van der Waals surface area contributed by atoms with Gasteiger partial charge in [-0.15, -0.1) is 12.3 Å². The van der Waals surface area contributed by atoms with Crippen molar-refractivity contribution in [1.29, 1.82) is 0 Å². The fraction of sp³-hybridized carbons (Fsp3) is 0.545. The first-order valence-electron chi connectivity index (χ1n) is 13.6. The lowest BCUT2D eigenvalue weighted by Gasteiger charge is -2.38. The van der Waals surface area contributed by atoms with Crippen molar-refractivity contribution in [2.24, 2.45) is 29.6 Å². The second-order valence-corrected chi connectivity index (χ2v) is 10.3. The van der Waals surface area contributed by atoms with Crippen LogP contribution in [0, 0.1) is 41.9 Å². The molecule has 6 nitrogen and oxygen atoms in total. The van der Waals surface area contributed by atoms with Gasteiger partial charge in [0.1, 0.15) is 17.8 Å². The van der Waals surface area contributed by atoms with Crippen molar-refractivity contribution in [3.05, 3.63) is 61.8 Å². The number of Topliss-reactive ketones (excluding diaryl/α,β-unsaturated/α-hetero) is 2. The third-order valence-electron chi connectivity index (χ3n) is 7.46. The molecule has 7 atom stereocenters. The summed E-state index contributed by atoms with van der Waals surface area (Å²) >= 11 is 0. The number of carbonyl (C=O) groups is 3. The lowest BCUT2D eigenvalue weighted by Crippen LogP contribution is -2.47. The predicted molar refractivity (Wildman–Crippen MR) is 159 cm³/mol. The van der Waals surface area contributed by atoms with E-state index in [2.05, 4.69) is 32.1 Å². The monoisotopic (exact) mass is 539 g/mol. The largest absolute Gasteiger partial charge is 0.460 e. The number of allylic oxidation sites excluding steroid dienone is 2. The lowest BCUT2D eigenvalue weighted by molar-refractivity contribution is -0.166. The fourth-order valence-electron chi connectivity index (χ4n) is 4.76. The van der Waals surface area contributed by atoms with Crippen LogP contribution in [0.25, 0.3) is 0 Å². The van der Waals surface area contributed by atoms with Crippen molar-refractivity contribution in [1.82, 2.24) is 4.90 Å². The molecule has 1 aliphatic rings. The highest BCUT2D eigenvalue weighted by Crippen LogP contribution is 2.34. The maximum atomic E-state index is 13.4. The van der Waals surface area contributed by atoms with Crippen molar-refractivity contribution in [2.75, 3.05) is 0 Å². The molecule has 0 saturated heterocycles. The Kier molecular flexibility index (Phi) is 15.2. The summed E-state index contributed by atoms with van der Waals surface area (Å²) in [6, 6.07) is 0. The highest BCUT2D eigenvalue weighted by Gasteiger charge is 2.43. The first-order valence-corrected chi connectivity index (χ1v) is 13.6. The van der Waals surface area contributed by atoms with E-state index in [0.717, 1.165) is 0 Å². The summed E-state index contributed by atoms with van der Waals surface area (Å²) in [5, 5.41) is 0. The summed E-state index contributed by atoms with van der Waals surface area (Å²) in [4.78, 5) is 41.4. The summed E-state index contributed by atoms with van der Waals surface area (Å²) in [6.45, 7) is 28.2. The van der Waals surface area contributed by atoms with Crippen LogP contribution in [0.4, 0.5) is 0 Å². The number of carbonyl (C=O) groups excluding carboxylic acids is 3. The SMILES string of the molecule is C#CC.C=CN(/C=C\C)C(=C)O[C@@]1(C=C)/C=C(\C)C(=O)[C@H](C)C[C@H](C)[C@H](C)[C@@H](C)C(=O)[C@@H](C)C(=O)O[C@@H]1CC. The summed E-state index contributed by atoms with van der Waals surface area (Å²) in [5.74, 6) is 0.189. The van der Waals surface area contributed by atoms with Crippen molar-refractivity contribution >= 4 is 17.5 Å². The van der Waals surface area contributed by atoms with Crippen LogP contribution in [0.2, 0.25) is 0 Å². The van der Waals surface area contributed by atoms with E-state index in [0.29, 0.717) is 18.4 Å². The number of esters is 1. The Balaban J connectivity index is 0.00000458. The number of hydrogen-bond donors (Lipinski definition) is 0. The number of ketones is 2. The molecule has 0 aromatic heterocycles. The average molecular weight is 540 g/mol. The van der Waals surface area contributed by atoms with Gasteiger partial charge in [-0.25, -0.2) is 0 Å². The summed E-state index contributed by atoms with van der Waals surface area (Å²) < 4.78 is 12.2. The molecule has 0 radical (unpaired) electrons. The van der Waals surface area contributed by atoms with Gasteiger partial charge in [0.15, 0.2) is 17.3 Å². The molecule has 39 heavy (non-hydrogen) atoms. The molecule has 0 saturated carbocycles. The molecule has 0 aromatic carbocycles. The first-order chi connectivity index (χ1) is 18.2. The Bertz CT molecular complexity index is 1000. The van der Waals surface area contributed by atoms with Crippen LogP contribution in [0.1, 0.15) is 75.2 Å². The second-order valence-electron chi connectivity index (χ2n) is 10.3. The minimum atomic E-state index is -1.40. The number of nitrogens with zero attached hydrogens (tertiary/aromatic N) is 1. The standard InChI is InChI=1S/C30H45NO5.C3H4/c1-12-16-31(15-4)25(11)36-30(14-3)18-21(7)27(32)20(6)17-19(5)22(8)23(9)28(33)24(10)29(34)35-26(30)13-2;1-3-2/h12,14-16,18-20,22-24,26H,3-4,11,13,17H2,1-2,5-10H3;1H,2H3/b16-12-,21-18+;/t19-,20+,22-,23+,24+,26+,30-;/m0./s1. The lowest BCUT2D eigenvalue weighted by atomic mass is 9.75. The van der Waals surface area contributed by atoms with Crippen LogP contribution in [-0.2, 0) is 23.9 Å². The normalized spacial score (nSPS) is 31.8. The smallest absolute Gasteiger partial charge is 0.316 e. The fourth-order valence-corrected chi connectivity index (χ4v) is 4.76. The van der Waals surface area contributed by atoms with Gasteiger partial charge in [-0.05, 0) is 76.7 Å². The van der Waals surface area contributed by atoms with Gasteiger partial charge >= 0.3 is 5.97 Å². The van der Waals surface area contributed by atoms with E-state index in [1.165, 1.54) is 12.3 Å². The minimum absolute atomic E-state index is 0.00706. The molecule has 1 aliphatic heterocycles. The van der Waals surface area contributed by atoms with Crippen molar-refractivity contribution in [2.45, 2.75) is 86.9 Å². The second kappa shape index (κ2) is 16.6. The molecule has 216 valence electrons. The Morgan fingerprint density at radius 1 is 1.23 bits per heavy atom. The number of rotatable bonds is 7. The van der Waals surface area contributed by atoms with Crippen LogP contribution in [0.3, 0.4) is 0 Å². The number of hydrogen-bond acceptors (Lipinski definition) is 6. The molecule has 1 heterocycles. The quantitative estimate of drug-likeness (QED) is 0.114. The highest BCUT2D eigenvalue weighted by molar-refractivity contribution is 6.00. The molecule has 0 fully saturated rings. The number of ether oxygens (including phenoxy) is 2. The molecular weight excluding hydrogens is 490 g/mol. The van der Waals surface area contributed by atoms with Gasteiger partial charge in [0.2, 0.25) is 0 Å². The Morgan fingerprint density at radius 3 is 2.26 bits per heavy atom. The van der Waals surface area contributed by atoms with Gasteiger partial charge in [-0.3, -0.25) is 19.3 Å². The molecule has 0 N–H and O–H groups in total. The van der Waals surface area contributed by atoms with E-state index in [-0.39, 0.29) is 41.1 Å². The van der Waals surface area contributed by atoms with Crippen molar-refractivity contribution in [3.63, 3.8) is 0 Å². The van der Waals surface area contributed by atoms with Gasteiger partial charge in [-0.2, -0.15) is 0 Å². The first kappa shape index (κ1) is 35.7. The zero-order valence-electron chi connectivity index (χ0n) is 25.5. The van der Waals surface area contributed by atoms with Gasteiger partial charge in [0.25, 0.3) is 0 Å². The van der Waals surface area contributed by atoms with Crippen molar-refractivity contribution in [3.8, 4) is 12.3 Å². The third kappa shape index (κ3) is 9.42. The molecule has 0 unspecified atom stereocenters. The molecule has 1 rings (SSSR count). The van der Waals surface area contributed by atoms with E-state index >= 15 is 0 Å². The highest BCUT2D eigenvalue weighted by atomic mass is 16.6. The van der Waals surface area contributed by atoms with Crippen LogP contribution in [-0.4, -0.2) is 34.1 Å². The maximum absolute atomic E-state index is 13.4. The van der Waals surface area contributed by atoms with Crippen LogP contribution in [0.15, 0.2) is 61.8 Å². The van der Waals surface area contributed by atoms with Crippen LogP contribution < -0.4 is 0 Å². The topological polar surface area (TPSA) is 72.9 Å². The Morgan fingerprint density at radius 2 is 1.79 bits per heavy atom. The molecule has 0 aliphatic carbocycles. The summed E-state index contributed by atoms with van der Waals surface area (Å²) in [7, 11) is 0. The third-order valence-corrected chi connectivity index (χ3v) is 7.46. The van der Waals surface area contributed by atoms with Gasteiger partial charge in [0, 0.05) is 24.2 Å². The summed E-state index contributed by atoms with van der Waals surface area (Å²) in [6.07, 6.45) is 12.9. The molecular formula is C33H49NO5. The van der Waals surface area contributed by atoms with E-state index in [1.807, 2.05) is 41.5 Å². The molecule has 0 bridgehead atoms. The minimum Gasteiger partial charge on any atom is -0.460 e. The van der Waals surface area contributed by atoms with Gasteiger partial charge in [-0.1, -0.05) is 53.9 Å². The molecule has 0 aromatic rings. The van der Waals surface area contributed by atoms with Crippen molar-refractivity contribution < 1.29 is 23.9 Å². The number of terminal acetylenes is 1. The average Bonchev–Trinajstić information content (AvgIpc) is 2.91. The van der Waals surface area contributed by atoms with Gasteiger partial charge < -0.3 is 9.47 Å². The van der Waals surface area contributed by atoms with E-state index in [1.54, 1.807) is 44.0 Å². The summed E-state index contributed by atoms with van der Waals surface area (Å²) in [5.41, 5.74) is -0.920. The van der Waals surface area contributed by atoms with Crippen LogP contribution >= 0.6 is 0 Å². The Labute approximate surface area is 236 Å². The molecule has 0 amide bonds. The Hall–Kier alpha value is -3.33. The van der Waals surface area contributed by atoms with E-state index in [9.17, 15) is 14.4 Å². The molecule has 6 heteroatoms. The van der Waals surface area contributed by atoms with Gasteiger partial charge in [0.05, 0.1) is 0 Å².